The zero-order valence-corrected chi connectivity index (χ0v) is 10.4. The van der Waals surface area contributed by atoms with Crippen LogP contribution in [0.5, 0.6) is 0 Å². The zero-order valence-electron chi connectivity index (χ0n) is 8.78. The first-order valence-electron chi connectivity index (χ1n) is 4.29. The summed E-state index contributed by atoms with van der Waals surface area (Å²) in [6.45, 7) is 0. The first-order chi connectivity index (χ1) is 6.89. The van der Waals surface area contributed by atoms with Crippen LogP contribution in [0.2, 0.25) is 5.02 Å². The molecule has 1 N–H and O–H groups in total. The minimum atomic E-state index is -3.40. The third-order valence-electron chi connectivity index (χ3n) is 1.99. The van der Waals surface area contributed by atoms with Crippen LogP contribution >= 0.6 is 11.6 Å². The number of nitrogens with zero attached hydrogens (tertiary/aromatic N) is 1. The highest BCUT2D eigenvalue weighted by Gasteiger charge is 2.17. The van der Waals surface area contributed by atoms with E-state index in [1.165, 1.54) is 26.2 Å². The molecule has 0 amide bonds. The van der Waals surface area contributed by atoms with Crippen LogP contribution in [0.25, 0.3) is 0 Å². The molecule has 1 aromatic carbocycles. The van der Waals surface area contributed by atoms with Crippen LogP contribution in [-0.4, -0.2) is 33.9 Å². The van der Waals surface area contributed by atoms with Crippen molar-refractivity contribution in [2.24, 2.45) is 0 Å². The zero-order chi connectivity index (χ0) is 11.6. The molecule has 15 heavy (non-hydrogen) atoms. The summed E-state index contributed by atoms with van der Waals surface area (Å²) in [5.41, 5.74) is 0.703. The normalized spacial score (nSPS) is 11.8. The van der Waals surface area contributed by atoms with E-state index in [0.717, 1.165) is 4.31 Å². The van der Waals surface area contributed by atoms with Crippen LogP contribution in [0.3, 0.4) is 0 Å². The Morgan fingerprint density at radius 3 is 2.33 bits per heavy atom. The molecule has 0 heterocycles. The molecule has 1 aromatic rings. The fraction of sp³-hybridized carbons (Fsp3) is 0.333. The van der Waals surface area contributed by atoms with E-state index in [4.69, 9.17) is 11.6 Å². The molecule has 6 heteroatoms. The van der Waals surface area contributed by atoms with Gasteiger partial charge >= 0.3 is 0 Å². The van der Waals surface area contributed by atoms with Crippen LogP contribution in [0.1, 0.15) is 0 Å². The smallest absolute Gasteiger partial charge is 0.242 e. The first-order valence-corrected chi connectivity index (χ1v) is 6.11. The third-order valence-corrected chi connectivity index (χ3v) is 4.11. The monoisotopic (exact) mass is 248 g/mol. The fourth-order valence-electron chi connectivity index (χ4n) is 1.07. The molecular weight excluding hydrogens is 236 g/mol. The summed E-state index contributed by atoms with van der Waals surface area (Å²) in [5.74, 6) is 0. The van der Waals surface area contributed by atoms with Gasteiger partial charge in [0.15, 0.2) is 0 Å². The third kappa shape index (κ3) is 2.42. The van der Waals surface area contributed by atoms with Gasteiger partial charge in [-0.25, -0.2) is 12.7 Å². The summed E-state index contributed by atoms with van der Waals surface area (Å²) in [6.07, 6.45) is 0. The summed E-state index contributed by atoms with van der Waals surface area (Å²) >= 11 is 5.89. The van der Waals surface area contributed by atoms with Gasteiger partial charge in [0, 0.05) is 21.1 Å². The Balaban J connectivity index is 3.25. The van der Waals surface area contributed by atoms with Crippen molar-refractivity contribution < 1.29 is 8.42 Å². The Morgan fingerprint density at radius 2 is 1.93 bits per heavy atom. The minimum absolute atomic E-state index is 0.191. The standard InChI is InChI=1S/C9H13ClN2O2S/c1-11-9-5-4-7(6-8(9)10)15(13,14)12(2)3/h4-6,11H,1-3H3. The summed E-state index contributed by atoms with van der Waals surface area (Å²) in [5, 5.41) is 3.25. The van der Waals surface area contributed by atoms with E-state index in [1.54, 1.807) is 13.1 Å². The number of hydrogen-bond donors (Lipinski definition) is 1. The van der Waals surface area contributed by atoms with Gasteiger partial charge in [-0.2, -0.15) is 0 Å². The van der Waals surface area contributed by atoms with Gasteiger partial charge in [0.25, 0.3) is 0 Å². The van der Waals surface area contributed by atoms with Gasteiger partial charge in [0.2, 0.25) is 10.0 Å². The Kier molecular flexibility index (Phi) is 3.59. The van der Waals surface area contributed by atoms with Crippen molar-refractivity contribution in [1.29, 1.82) is 0 Å². The second kappa shape index (κ2) is 4.38. The molecule has 0 aromatic heterocycles. The van der Waals surface area contributed by atoms with Crippen molar-refractivity contribution in [2.75, 3.05) is 26.5 Å². The van der Waals surface area contributed by atoms with E-state index < -0.39 is 10.0 Å². The van der Waals surface area contributed by atoms with Crippen LogP contribution in [0.4, 0.5) is 5.69 Å². The molecule has 0 fully saturated rings. The number of hydrogen-bond acceptors (Lipinski definition) is 3. The lowest BCUT2D eigenvalue weighted by molar-refractivity contribution is 0.521. The fourth-order valence-corrected chi connectivity index (χ4v) is 2.34. The minimum Gasteiger partial charge on any atom is -0.387 e. The maximum atomic E-state index is 11.7. The number of anilines is 1. The van der Waals surface area contributed by atoms with E-state index in [9.17, 15) is 8.42 Å². The highest BCUT2D eigenvalue weighted by atomic mass is 35.5. The lowest BCUT2D eigenvalue weighted by Gasteiger charge is -2.12. The molecule has 1 rings (SSSR count). The molecule has 0 atom stereocenters. The molecule has 0 bridgehead atoms. The number of benzene rings is 1. The van der Waals surface area contributed by atoms with Crippen LogP contribution in [0, 0.1) is 0 Å². The molecular formula is C9H13ClN2O2S. The highest BCUT2D eigenvalue weighted by molar-refractivity contribution is 7.89. The van der Waals surface area contributed by atoms with E-state index in [2.05, 4.69) is 5.32 Å². The van der Waals surface area contributed by atoms with Crippen LogP contribution in [0.15, 0.2) is 23.1 Å². The van der Waals surface area contributed by atoms with Crippen molar-refractivity contribution in [3.63, 3.8) is 0 Å². The van der Waals surface area contributed by atoms with Crippen molar-refractivity contribution in [1.82, 2.24) is 4.31 Å². The van der Waals surface area contributed by atoms with Gasteiger partial charge in [-0.1, -0.05) is 11.6 Å². The molecule has 0 saturated heterocycles. The topological polar surface area (TPSA) is 49.4 Å². The van der Waals surface area contributed by atoms with Crippen LogP contribution in [-0.2, 0) is 10.0 Å². The molecule has 0 radical (unpaired) electrons. The SMILES string of the molecule is CNc1ccc(S(=O)(=O)N(C)C)cc1Cl. The molecule has 4 nitrogen and oxygen atoms in total. The van der Waals surface area contributed by atoms with Crippen molar-refractivity contribution in [3.8, 4) is 0 Å². The largest absolute Gasteiger partial charge is 0.387 e. The average molecular weight is 249 g/mol. The predicted molar refractivity (Wildman–Crippen MR) is 61.9 cm³/mol. The highest BCUT2D eigenvalue weighted by Crippen LogP contribution is 2.25. The van der Waals surface area contributed by atoms with E-state index >= 15 is 0 Å². The van der Waals surface area contributed by atoms with Gasteiger partial charge in [0.05, 0.1) is 15.6 Å². The molecule has 0 aliphatic rings. The second-order valence-electron chi connectivity index (χ2n) is 3.18. The molecule has 0 spiro atoms. The van der Waals surface area contributed by atoms with Crippen molar-refractivity contribution >= 4 is 27.3 Å². The maximum Gasteiger partial charge on any atom is 0.242 e. The van der Waals surface area contributed by atoms with Crippen molar-refractivity contribution in [2.45, 2.75) is 4.90 Å². The predicted octanol–water partition coefficient (Wildman–Crippen LogP) is 1.63. The maximum absolute atomic E-state index is 11.7. The van der Waals surface area contributed by atoms with Crippen LogP contribution < -0.4 is 5.32 Å². The van der Waals surface area contributed by atoms with E-state index in [0.29, 0.717) is 10.7 Å². The van der Waals surface area contributed by atoms with E-state index in [-0.39, 0.29) is 4.90 Å². The number of nitrogens with one attached hydrogen (secondary N) is 1. The summed E-state index contributed by atoms with van der Waals surface area (Å²) in [7, 11) is 1.28. The summed E-state index contributed by atoms with van der Waals surface area (Å²) in [6, 6.07) is 4.59. The van der Waals surface area contributed by atoms with Gasteiger partial charge in [-0.05, 0) is 18.2 Å². The molecule has 0 saturated carbocycles. The number of rotatable bonds is 3. The Morgan fingerprint density at radius 1 is 1.33 bits per heavy atom. The summed E-state index contributed by atoms with van der Waals surface area (Å²) in [4.78, 5) is 0.191. The Bertz CT molecular complexity index is 457. The van der Waals surface area contributed by atoms with Gasteiger partial charge in [-0.3, -0.25) is 0 Å². The number of halogens is 1. The number of sulfonamides is 1. The molecule has 0 unspecified atom stereocenters. The second-order valence-corrected chi connectivity index (χ2v) is 5.74. The Labute approximate surface area is 94.9 Å². The van der Waals surface area contributed by atoms with E-state index in [1.807, 2.05) is 0 Å². The molecule has 0 aliphatic heterocycles. The van der Waals surface area contributed by atoms with Gasteiger partial charge in [0.1, 0.15) is 0 Å². The van der Waals surface area contributed by atoms with Crippen molar-refractivity contribution in [3.05, 3.63) is 23.2 Å². The quantitative estimate of drug-likeness (QED) is 0.885. The average Bonchev–Trinajstić information content (AvgIpc) is 2.17. The molecule has 0 aliphatic carbocycles. The van der Waals surface area contributed by atoms with Gasteiger partial charge in [-0.15, -0.1) is 0 Å². The summed E-state index contributed by atoms with van der Waals surface area (Å²) < 4.78 is 24.6. The molecule has 84 valence electrons. The van der Waals surface area contributed by atoms with Gasteiger partial charge < -0.3 is 5.32 Å². The Hall–Kier alpha value is -0.780. The lowest BCUT2D eigenvalue weighted by Crippen LogP contribution is -2.22. The lowest BCUT2D eigenvalue weighted by atomic mass is 10.3. The first kappa shape index (κ1) is 12.3.